The van der Waals surface area contributed by atoms with Crippen molar-refractivity contribution in [2.24, 2.45) is 5.92 Å². The van der Waals surface area contributed by atoms with Crippen LogP contribution in [0, 0.1) is 5.92 Å². The Labute approximate surface area is 122 Å². The molecule has 0 aromatic heterocycles. The van der Waals surface area contributed by atoms with Gasteiger partial charge in [0.25, 0.3) is 0 Å². The molecule has 1 saturated carbocycles. The van der Waals surface area contributed by atoms with E-state index >= 15 is 0 Å². The molecule has 2 N–H and O–H groups in total. The quantitative estimate of drug-likeness (QED) is 0.745. The summed E-state index contributed by atoms with van der Waals surface area (Å²) in [7, 11) is -2.72. The monoisotopic (exact) mass is 313 g/mol. The standard InChI is InChI=1S/C13H15NO6S/c1-20-13(17)9-4-6-10(7-5-9)21(18,19)14-11(12(15)16)8-2-3-8/h4-8,11,14H,2-3H2,1H3,(H,15,16). The van der Waals surface area contributed by atoms with Crippen LogP contribution in [0.3, 0.4) is 0 Å². The normalized spacial score (nSPS) is 16.2. The number of sulfonamides is 1. The number of benzene rings is 1. The van der Waals surface area contributed by atoms with E-state index in [1.165, 1.54) is 31.4 Å². The number of ether oxygens (including phenoxy) is 1. The number of hydrogen-bond acceptors (Lipinski definition) is 5. The number of rotatable bonds is 6. The number of carboxylic acids is 1. The molecule has 0 aliphatic heterocycles. The van der Waals surface area contributed by atoms with Gasteiger partial charge in [-0.25, -0.2) is 13.2 Å². The van der Waals surface area contributed by atoms with Crippen LogP contribution in [0.1, 0.15) is 23.2 Å². The van der Waals surface area contributed by atoms with E-state index in [0.717, 1.165) is 0 Å². The lowest BCUT2D eigenvalue weighted by molar-refractivity contribution is -0.139. The van der Waals surface area contributed by atoms with Crippen LogP contribution in [0.4, 0.5) is 0 Å². The second-order valence-electron chi connectivity index (χ2n) is 4.79. The maximum absolute atomic E-state index is 12.1. The molecule has 21 heavy (non-hydrogen) atoms. The van der Waals surface area contributed by atoms with Crippen molar-refractivity contribution in [2.45, 2.75) is 23.8 Å². The Kier molecular flexibility index (Phi) is 4.29. The lowest BCUT2D eigenvalue weighted by Gasteiger charge is -2.14. The third-order valence-corrected chi connectivity index (χ3v) is 4.68. The van der Waals surface area contributed by atoms with Crippen LogP contribution in [0.2, 0.25) is 0 Å². The maximum Gasteiger partial charge on any atom is 0.337 e. The Morgan fingerprint density at radius 3 is 2.29 bits per heavy atom. The fourth-order valence-electron chi connectivity index (χ4n) is 1.90. The molecule has 0 saturated heterocycles. The Morgan fingerprint density at radius 2 is 1.86 bits per heavy atom. The fraction of sp³-hybridized carbons (Fsp3) is 0.385. The molecule has 8 heteroatoms. The summed E-state index contributed by atoms with van der Waals surface area (Å²) in [4.78, 5) is 22.3. The van der Waals surface area contributed by atoms with E-state index < -0.39 is 28.0 Å². The zero-order valence-electron chi connectivity index (χ0n) is 11.3. The van der Waals surface area contributed by atoms with Crippen LogP contribution < -0.4 is 4.72 Å². The van der Waals surface area contributed by atoms with Crippen molar-refractivity contribution < 1.29 is 27.9 Å². The van der Waals surface area contributed by atoms with Gasteiger partial charge in [-0.15, -0.1) is 0 Å². The zero-order chi connectivity index (χ0) is 15.6. The van der Waals surface area contributed by atoms with Gasteiger partial charge in [-0.05, 0) is 43.0 Å². The number of hydrogen-bond donors (Lipinski definition) is 2. The van der Waals surface area contributed by atoms with Crippen molar-refractivity contribution in [3.8, 4) is 0 Å². The van der Waals surface area contributed by atoms with Crippen LogP contribution in [-0.2, 0) is 19.6 Å². The van der Waals surface area contributed by atoms with Crippen molar-refractivity contribution in [1.82, 2.24) is 4.72 Å². The van der Waals surface area contributed by atoms with Gasteiger partial charge in [0.1, 0.15) is 6.04 Å². The van der Waals surface area contributed by atoms with Crippen LogP contribution >= 0.6 is 0 Å². The number of aliphatic carboxylic acids is 1. The summed E-state index contributed by atoms with van der Waals surface area (Å²) in [5.41, 5.74) is 0.216. The van der Waals surface area contributed by atoms with Gasteiger partial charge in [0.2, 0.25) is 10.0 Å². The molecule has 0 radical (unpaired) electrons. The first-order valence-corrected chi connectivity index (χ1v) is 7.77. The summed E-state index contributed by atoms with van der Waals surface area (Å²) in [6, 6.07) is 3.98. The van der Waals surface area contributed by atoms with Gasteiger partial charge in [-0.1, -0.05) is 0 Å². The van der Waals surface area contributed by atoms with Gasteiger partial charge < -0.3 is 9.84 Å². The van der Waals surface area contributed by atoms with Crippen molar-refractivity contribution in [3.05, 3.63) is 29.8 Å². The minimum absolute atomic E-state index is 0.0953. The molecule has 1 unspecified atom stereocenters. The highest BCUT2D eigenvalue weighted by Crippen LogP contribution is 2.33. The molecule has 0 heterocycles. The predicted octanol–water partition coefficient (Wildman–Crippen LogP) is 0.615. The van der Waals surface area contributed by atoms with Crippen LogP contribution in [-0.4, -0.2) is 38.6 Å². The second kappa shape index (κ2) is 5.82. The minimum Gasteiger partial charge on any atom is -0.480 e. The van der Waals surface area contributed by atoms with Gasteiger partial charge in [-0.3, -0.25) is 4.79 Å². The molecular weight excluding hydrogens is 298 g/mol. The van der Waals surface area contributed by atoms with Gasteiger partial charge >= 0.3 is 11.9 Å². The molecule has 0 spiro atoms. The molecule has 7 nitrogen and oxygen atoms in total. The molecule has 2 rings (SSSR count). The third kappa shape index (κ3) is 3.59. The van der Waals surface area contributed by atoms with Crippen molar-refractivity contribution in [1.29, 1.82) is 0 Å². The maximum atomic E-state index is 12.1. The van der Waals surface area contributed by atoms with Crippen molar-refractivity contribution in [2.75, 3.05) is 7.11 Å². The van der Waals surface area contributed by atoms with Gasteiger partial charge in [-0.2, -0.15) is 4.72 Å². The Balaban J connectivity index is 2.19. The number of esters is 1. The molecule has 1 aliphatic rings. The van der Waals surface area contributed by atoms with Gasteiger partial charge in [0.05, 0.1) is 17.6 Å². The highest BCUT2D eigenvalue weighted by Gasteiger charge is 2.39. The molecule has 1 fully saturated rings. The number of nitrogens with one attached hydrogen (secondary N) is 1. The number of carboxylic acid groups (broad SMARTS) is 1. The Morgan fingerprint density at radius 1 is 1.29 bits per heavy atom. The van der Waals surface area contributed by atoms with Crippen LogP contribution in [0.25, 0.3) is 0 Å². The lowest BCUT2D eigenvalue weighted by Crippen LogP contribution is -2.42. The molecule has 0 bridgehead atoms. The average Bonchev–Trinajstić information content (AvgIpc) is 3.28. The molecule has 1 aromatic rings. The SMILES string of the molecule is COC(=O)c1ccc(S(=O)(=O)NC(C(=O)O)C2CC2)cc1. The molecule has 1 aliphatic carbocycles. The highest BCUT2D eigenvalue weighted by atomic mass is 32.2. The van der Waals surface area contributed by atoms with E-state index in [2.05, 4.69) is 9.46 Å². The molecular formula is C13H15NO6S. The van der Waals surface area contributed by atoms with Crippen molar-refractivity contribution >= 4 is 22.0 Å². The third-order valence-electron chi connectivity index (χ3n) is 3.23. The summed E-state index contributed by atoms with van der Waals surface area (Å²) in [6.45, 7) is 0. The summed E-state index contributed by atoms with van der Waals surface area (Å²) in [6.07, 6.45) is 1.39. The van der Waals surface area contributed by atoms with E-state index in [1.807, 2.05) is 0 Å². The van der Waals surface area contributed by atoms with Gasteiger partial charge in [0, 0.05) is 0 Å². The topological polar surface area (TPSA) is 110 Å². The molecule has 0 amide bonds. The summed E-state index contributed by atoms with van der Waals surface area (Å²) >= 11 is 0. The Bertz CT molecular complexity index is 648. The lowest BCUT2D eigenvalue weighted by atomic mass is 10.2. The summed E-state index contributed by atoms with van der Waals surface area (Å²) in [5, 5.41) is 9.05. The number of carbonyl (C=O) groups is 2. The first-order chi connectivity index (χ1) is 9.85. The van der Waals surface area contributed by atoms with E-state index in [9.17, 15) is 18.0 Å². The fourth-order valence-corrected chi connectivity index (χ4v) is 3.16. The van der Waals surface area contributed by atoms with Gasteiger partial charge in [0.15, 0.2) is 0 Å². The Hall–Kier alpha value is -1.93. The number of methoxy groups -OCH3 is 1. The van der Waals surface area contributed by atoms with E-state index in [4.69, 9.17) is 5.11 Å². The van der Waals surface area contributed by atoms with Crippen LogP contribution in [0.5, 0.6) is 0 Å². The zero-order valence-corrected chi connectivity index (χ0v) is 12.1. The summed E-state index contributed by atoms with van der Waals surface area (Å²) in [5.74, 6) is -1.92. The minimum atomic E-state index is -3.94. The first-order valence-electron chi connectivity index (χ1n) is 6.28. The number of carbonyl (C=O) groups excluding carboxylic acids is 1. The van der Waals surface area contributed by atoms with Crippen LogP contribution in [0.15, 0.2) is 29.2 Å². The van der Waals surface area contributed by atoms with Crippen molar-refractivity contribution in [3.63, 3.8) is 0 Å². The molecule has 1 atom stereocenters. The molecule has 1 aromatic carbocycles. The first kappa shape index (κ1) is 15.5. The predicted molar refractivity (Wildman–Crippen MR) is 72.3 cm³/mol. The molecule has 114 valence electrons. The largest absolute Gasteiger partial charge is 0.480 e. The van der Waals surface area contributed by atoms with E-state index in [0.29, 0.717) is 12.8 Å². The summed E-state index contributed by atoms with van der Waals surface area (Å²) < 4.78 is 31.0. The highest BCUT2D eigenvalue weighted by molar-refractivity contribution is 7.89. The smallest absolute Gasteiger partial charge is 0.337 e. The second-order valence-corrected chi connectivity index (χ2v) is 6.50. The van der Waals surface area contributed by atoms with E-state index in [1.54, 1.807) is 0 Å². The van der Waals surface area contributed by atoms with E-state index in [-0.39, 0.29) is 16.4 Å². The average molecular weight is 313 g/mol.